The van der Waals surface area contributed by atoms with Gasteiger partial charge in [-0.2, -0.15) is 0 Å². The van der Waals surface area contributed by atoms with Crippen molar-refractivity contribution in [2.24, 2.45) is 0 Å². The minimum atomic E-state index is -2.62. The Hall–Kier alpha value is -1.39. The van der Waals surface area contributed by atoms with Gasteiger partial charge in [-0.3, -0.25) is 0 Å². The Morgan fingerprint density at radius 2 is 0.806 bits per heavy atom. The Morgan fingerprint density at radius 1 is 0.556 bits per heavy atom. The van der Waals surface area contributed by atoms with E-state index in [1.165, 1.54) is 0 Å². The molecular formula is C30H47F2O3P. The van der Waals surface area contributed by atoms with Crippen molar-refractivity contribution in [3.05, 3.63) is 69.3 Å². The zero-order chi connectivity index (χ0) is 28.6. The lowest BCUT2D eigenvalue weighted by molar-refractivity contribution is 0.368. The van der Waals surface area contributed by atoms with Crippen LogP contribution in [0.2, 0.25) is 0 Å². The van der Waals surface area contributed by atoms with Crippen LogP contribution in [0.5, 0.6) is 0 Å². The SMILES string of the molecule is CC(c1cc(C(C)(C)C)cc(C(C)(C)C)c1F)c1cc(C(C)(C)C)cc(C(C)(C)C)c1F.OP(O)O. The Morgan fingerprint density at radius 3 is 1.00 bits per heavy atom. The van der Waals surface area contributed by atoms with E-state index in [1.54, 1.807) is 0 Å². The summed E-state index contributed by atoms with van der Waals surface area (Å²) in [5, 5.41) is 0. The summed E-state index contributed by atoms with van der Waals surface area (Å²) in [7, 11) is -2.62. The quantitative estimate of drug-likeness (QED) is 0.345. The van der Waals surface area contributed by atoms with Gasteiger partial charge in [0.25, 0.3) is 0 Å². The fraction of sp³-hybridized carbons (Fsp3) is 0.600. The van der Waals surface area contributed by atoms with E-state index in [9.17, 15) is 0 Å². The first-order valence-electron chi connectivity index (χ1n) is 12.4. The van der Waals surface area contributed by atoms with Gasteiger partial charge in [0.15, 0.2) is 0 Å². The van der Waals surface area contributed by atoms with Crippen molar-refractivity contribution in [3.8, 4) is 0 Å². The summed E-state index contributed by atoms with van der Waals surface area (Å²) in [6.45, 7) is 27.0. The predicted octanol–water partition coefficient (Wildman–Crippen LogP) is 8.50. The maximum atomic E-state index is 16.0. The van der Waals surface area contributed by atoms with Crippen molar-refractivity contribution in [1.29, 1.82) is 0 Å². The van der Waals surface area contributed by atoms with Gasteiger partial charge in [-0.25, -0.2) is 8.78 Å². The Bertz CT molecular complexity index is 966. The number of hydrogen-bond acceptors (Lipinski definition) is 3. The van der Waals surface area contributed by atoms with E-state index < -0.39 is 14.5 Å². The van der Waals surface area contributed by atoms with Crippen LogP contribution >= 0.6 is 8.60 Å². The number of halogens is 2. The second-order valence-corrected chi connectivity index (χ2v) is 14.4. The molecule has 0 amide bonds. The molecule has 0 aliphatic rings. The lowest BCUT2D eigenvalue weighted by Crippen LogP contribution is -2.22. The fourth-order valence-electron chi connectivity index (χ4n) is 4.05. The summed E-state index contributed by atoms with van der Waals surface area (Å²) < 4.78 is 31.9. The molecule has 3 nitrogen and oxygen atoms in total. The molecule has 0 saturated heterocycles. The standard InChI is InChI=1S/C30H44F2.H3O3P/c1-18(21-14-19(27(2,3)4)16-23(25(21)31)29(8,9)10)22-15-20(28(5,6)7)17-24(26(22)32)30(11,12)13;1-4(2)3/h14-18H,1-13H3;1-3H. The average molecular weight is 525 g/mol. The maximum Gasteiger partial charge on any atom is 0.324 e. The lowest BCUT2D eigenvalue weighted by Gasteiger charge is -2.31. The van der Waals surface area contributed by atoms with Gasteiger partial charge in [0.2, 0.25) is 0 Å². The molecule has 0 fully saturated rings. The summed E-state index contributed by atoms with van der Waals surface area (Å²) in [6.07, 6.45) is 0. The first kappa shape index (κ1) is 32.6. The van der Waals surface area contributed by atoms with Gasteiger partial charge in [0, 0.05) is 5.92 Å². The molecule has 0 aliphatic heterocycles. The normalized spacial score (nSPS) is 13.2. The molecular weight excluding hydrogens is 477 g/mol. The third-order valence-corrected chi connectivity index (χ3v) is 6.48. The van der Waals surface area contributed by atoms with Gasteiger partial charge in [-0.1, -0.05) is 114 Å². The molecule has 204 valence electrons. The highest BCUT2D eigenvalue weighted by Gasteiger charge is 2.31. The first-order chi connectivity index (χ1) is 15.9. The first-order valence-corrected chi connectivity index (χ1v) is 13.6. The van der Waals surface area contributed by atoms with Crippen molar-refractivity contribution in [1.82, 2.24) is 0 Å². The van der Waals surface area contributed by atoms with Crippen LogP contribution < -0.4 is 0 Å². The molecule has 36 heavy (non-hydrogen) atoms. The Labute approximate surface area is 219 Å². The molecule has 2 aromatic rings. The summed E-state index contributed by atoms with van der Waals surface area (Å²) in [6, 6.07) is 7.90. The highest BCUT2D eigenvalue weighted by atomic mass is 31.2. The van der Waals surface area contributed by atoms with Crippen molar-refractivity contribution < 1.29 is 23.5 Å². The second-order valence-electron chi connectivity index (χ2n) is 13.8. The van der Waals surface area contributed by atoms with Gasteiger partial charge in [-0.05, 0) is 55.0 Å². The molecule has 0 atom stereocenters. The van der Waals surface area contributed by atoms with Gasteiger partial charge in [0.1, 0.15) is 11.6 Å². The van der Waals surface area contributed by atoms with E-state index >= 15 is 8.78 Å². The molecule has 2 rings (SSSR count). The summed E-state index contributed by atoms with van der Waals surface area (Å²) in [4.78, 5) is 21.7. The second kappa shape index (κ2) is 11.2. The summed E-state index contributed by atoms with van der Waals surface area (Å²) >= 11 is 0. The number of hydrogen-bond donors (Lipinski definition) is 3. The average Bonchev–Trinajstić information content (AvgIpc) is 2.63. The molecule has 0 radical (unpaired) electrons. The van der Waals surface area contributed by atoms with E-state index in [-0.39, 0.29) is 33.3 Å². The molecule has 0 heterocycles. The molecule has 0 unspecified atom stereocenters. The van der Waals surface area contributed by atoms with Crippen molar-refractivity contribution in [2.75, 3.05) is 0 Å². The fourth-order valence-corrected chi connectivity index (χ4v) is 4.05. The number of rotatable bonds is 2. The molecule has 2 aromatic carbocycles. The lowest BCUT2D eigenvalue weighted by atomic mass is 9.75. The Kier molecular flexibility index (Phi) is 10.1. The van der Waals surface area contributed by atoms with Gasteiger partial charge < -0.3 is 14.7 Å². The van der Waals surface area contributed by atoms with E-state index in [2.05, 4.69) is 41.5 Å². The van der Waals surface area contributed by atoms with E-state index in [1.807, 2.05) is 72.7 Å². The van der Waals surface area contributed by atoms with Crippen LogP contribution in [0, 0.1) is 11.6 Å². The van der Waals surface area contributed by atoms with Gasteiger partial charge in [-0.15, -0.1) is 0 Å². The molecule has 6 heteroatoms. The van der Waals surface area contributed by atoms with Crippen LogP contribution in [-0.2, 0) is 21.7 Å². The molecule has 0 spiro atoms. The zero-order valence-corrected chi connectivity index (χ0v) is 25.3. The van der Waals surface area contributed by atoms with Crippen LogP contribution in [0.3, 0.4) is 0 Å². The van der Waals surface area contributed by atoms with E-state index in [0.29, 0.717) is 22.3 Å². The summed E-state index contributed by atoms with van der Waals surface area (Å²) in [5.41, 5.74) is 3.73. The third-order valence-electron chi connectivity index (χ3n) is 6.48. The van der Waals surface area contributed by atoms with Crippen LogP contribution in [-0.4, -0.2) is 14.7 Å². The van der Waals surface area contributed by atoms with Crippen LogP contribution in [0.15, 0.2) is 24.3 Å². The topological polar surface area (TPSA) is 60.7 Å². The van der Waals surface area contributed by atoms with Crippen molar-refractivity contribution in [2.45, 2.75) is 118 Å². The van der Waals surface area contributed by atoms with Crippen LogP contribution in [0.4, 0.5) is 8.78 Å². The molecule has 0 aliphatic carbocycles. The van der Waals surface area contributed by atoms with E-state index in [0.717, 1.165) is 11.1 Å². The highest BCUT2D eigenvalue weighted by molar-refractivity contribution is 7.38. The molecule has 0 saturated carbocycles. The van der Waals surface area contributed by atoms with Crippen molar-refractivity contribution in [3.63, 3.8) is 0 Å². The third kappa shape index (κ3) is 8.31. The van der Waals surface area contributed by atoms with Gasteiger partial charge >= 0.3 is 8.60 Å². The smallest absolute Gasteiger partial charge is 0.324 e. The largest absolute Gasteiger partial charge is 0.328 e. The minimum Gasteiger partial charge on any atom is -0.328 e. The van der Waals surface area contributed by atoms with E-state index in [4.69, 9.17) is 14.7 Å². The molecule has 0 aromatic heterocycles. The predicted molar refractivity (Wildman–Crippen MR) is 149 cm³/mol. The molecule has 3 N–H and O–H groups in total. The highest BCUT2D eigenvalue weighted by Crippen LogP contribution is 2.41. The zero-order valence-electron chi connectivity index (χ0n) is 24.4. The summed E-state index contributed by atoms with van der Waals surface area (Å²) in [5.74, 6) is -0.825. The Balaban J connectivity index is 0.00000150. The minimum absolute atomic E-state index is 0.134. The van der Waals surface area contributed by atoms with Crippen molar-refractivity contribution >= 4 is 8.60 Å². The van der Waals surface area contributed by atoms with Crippen LogP contribution in [0.1, 0.15) is 129 Å². The van der Waals surface area contributed by atoms with Crippen LogP contribution in [0.25, 0.3) is 0 Å². The molecule has 0 bridgehead atoms. The van der Waals surface area contributed by atoms with Gasteiger partial charge in [0.05, 0.1) is 0 Å². The maximum absolute atomic E-state index is 16.0. The number of benzene rings is 2. The monoisotopic (exact) mass is 524 g/mol.